The molecule has 7 heteroatoms. The van der Waals surface area contributed by atoms with Crippen molar-refractivity contribution in [2.75, 3.05) is 0 Å². The lowest BCUT2D eigenvalue weighted by Gasteiger charge is -2.17. The molecule has 2 amide bonds. The SMILES string of the molecule is C=CCC(C)NC(=O)N[C@H](Cc1cnc[nH]1)C(=O)O. The molecule has 0 aliphatic carbocycles. The molecular weight excluding hydrogens is 248 g/mol. The number of aliphatic carboxylic acids is 1. The Labute approximate surface area is 111 Å². The van der Waals surface area contributed by atoms with E-state index in [1.807, 2.05) is 6.92 Å². The zero-order valence-corrected chi connectivity index (χ0v) is 10.7. The molecule has 0 saturated heterocycles. The van der Waals surface area contributed by atoms with Crippen molar-refractivity contribution in [3.05, 3.63) is 30.9 Å². The molecule has 0 aliphatic rings. The molecule has 4 N–H and O–H groups in total. The van der Waals surface area contributed by atoms with E-state index in [0.29, 0.717) is 12.1 Å². The second-order valence-corrected chi connectivity index (χ2v) is 4.22. The van der Waals surface area contributed by atoms with Gasteiger partial charge < -0.3 is 20.7 Å². The van der Waals surface area contributed by atoms with Crippen molar-refractivity contribution in [3.63, 3.8) is 0 Å². The fraction of sp³-hybridized carbons (Fsp3) is 0.417. The van der Waals surface area contributed by atoms with Gasteiger partial charge in [0.15, 0.2) is 0 Å². The topological polar surface area (TPSA) is 107 Å². The van der Waals surface area contributed by atoms with Crippen LogP contribution in [0.15, 0.2) is 25.2 Å². The average Bonchev–Trinajstić information content (AvgIpc) is 2.80. The summed E-state index contributed by atoms with van der Waals surface area (Å²) in [5, 5.41) is 14.1. The fourth-order valence-electron chi connectivity index (χ4n) is 1.55. The van der Waals surface area contributed by atoms with Gasteiger partial charge in [-0.25, -0.2) is 14.6 Å². The summed E-state index contributed by atoms with van der Waals surface area (Å²) in [6.45, 7) is 5.38. The smallest absolute Gasteiger partial charge is 0.326 e. The van der Waals surface area contributed by atoms with Gasteiger partial charge in [0.1, 0.15) is 6.04 Å². The molecule has 1 aromatic heterocycles. The number of aromatic nitrogens is 2. The van der Waals surface area contributed by atoms with E-state index in [9.17, 15) is 9.59 Å². The Kier molecular flexibility index (Phi) is 5.59. The maximum atomic E-state index is 11.6. The van der Waals surface area contributed by atoms with Crippen molar-refractivity contribution in [2.24, 2.45) is 0 Å². The Morgan fingerprint density at radius 3 is 2.84 bits per heavy atom. The Bertz CT molecular complexity index is 430. The monoisotopic (exact) mass is 266 g/mol. The molecule has 7 nitrogen and oxygen atoms in total. The third-order valence-electron chi connectivity index (χ3n) is 2.48. The van der Waals surface area contributed by atoms with E-state index in [0.717, 1.165) is 0 Å². The minimum Gasteiger partial charge on any atom is -0.480 e. The van der Waals surface area contributed by atoms with Crippen molar-refractivity contribution in [1.29, 1.82) is 0 Å². The third-order valence-corrected chi connectivity index (χ3v) is 2.48. The number of urea groups is 1. The number of hydrogen-bond acceptors (Lipinski definition) is 3. The molecule has 0 spiro atoms. The summed E-state index contributed by atoms with van der Waals surface area (Å²) in [6, 6.07) is -1.61. The molecule has 0 saturated carbocycles. The van der Waals surface area contributed by atoms with Crippen LogP contribution in [0.1, 0.15) is 19.0 Å². The van der Waals surface area contributed by atoms with Gasteiger partial charge in [0.05, 0.1) is 6.33 Å². The van der Waals surface area contributed by atoms with Gasteiger partial charge in [-0.05, 0) is 13.3 Å². The predicted molar refractivity (Wildman–Crippen MR) is 69.7 cm³/mol. The maximum Gasteiger partial charge on any atom is 0.326 e. The standard InChI is InChI=1S/C12H18N4O3/c1-3-4-8(2)15-12(19)16-10(11(17)18)5-9-6-13-7-14-9/h3,6-8,10H,1,4-5H2,2H3,(H,13,14)(H,17,18)(H2,15,16,19)/t8?,10-/m1/s1. The van der Waals surface area contributed by atoms with Crippen LogP contribution < -0.4 is 10.6 Å². The minimum atomic E-state index is -1.10. The number of nitrogens with zero attached hydrogens (tertiary/aromatic N) is 1. The number of amides is 2. The van der Waals surface area contributed by atoms with Gasteiger partial charge in [0.25, 0.3) is 0 Å². The van der Waals surface area contributed by atoms with Gasteiger partial charge in [-0.15, -0.1) is 6.58 Å². The first-order chi connectivity index (χ1) is 9.02. The highest BCUT2D eigenvalue weighted by atomic mass is 16.4. The Morgan fingerprint density at radius 1 is 1.58 bits per heavy atom. The number of nitrogens with one attached hydrogen (secondary N) is 3. The van der Waals surface area contributed by atoms with Crippen LogP contribution in [-0.4, -0.2) is 39.2 Å². The van der Waals surface area contributed by atoms with Crippen LogP contribution in [0.3, 0.4) is 0 Å². The van der Waals surface area contributed by atoms with Gasteiger partial charge in [-0.3, -0.25) is 0 Å². The van der Waals surface area contributed by atoms with Gasteiger partial charge in [0, 0.05) is 24.4 Å². The number of carbonyl (C=O) groups is 2. The van der Waals surface area contributed by atoms with E-state index in [2.05, 4.69) is 27.2 Å². The largest absolute Gasteiger partial charge is 0.480 e. The van der Waals surface area contributed by atoms with E-state index in [-0.39, 0.29) is 12.5 Å². The van der Waals surface area contributed by atoms with E-state index in [1.165, 1.54) is 12.5 Å². The molecule has 0 bridgehead atoms. The lowest BCUT2D eigenvalue weighted by atomic mass is 10.1. The van der Waals surface area contributed by atoms with E-state index in [1.54, 1.807) is 6.08 Å². The first-order valence-electron chi connectivity index (χ1n) is 5.91. The lowest BCUT2D eigenvalue weighted by molar-refractivity contribution is -0.139. The van der Waals surface area contributed by atoms with Crippen molar-refractivity contribution in [1.82, 2.24) is 20.6 Å². The summed E-state index contributed by atoms with van der Waals surface area (Å²) >= 11 is 0. The zero-order chi connectivity index (χ0) is 14.3. The molecule has 0 fully saturated rings. The highest BCUT2D eigenvalue weighted by Crippen LogP contribution is 1.99. The fourth-order valence-corrected chi connectivity index (χ4v) is 1.55. The van der Waals surface area contributed by atoms with Crippen molar-refractivity contribution < 1.29 is 14.7 Å². The Morgan fingerprint density at radius 2 is 2.32 bits per heavy atom. The number of hydrogen-bond donors (Lipinski definition) is 4. The Balaban J connectivity index is 2.51. The molecule has 1 rings (SSSR count). The molecule has 1 unspecified atom stereocenters. The van der Waals surface area contributed by atoms with E-state index in [4.69, 9.17) is 5.11 Å². The first kappa shape index (κ1) is 14.7. The van der Waals surface area contributed by atoms with Crippen LogP contribution in [0, 0.1) is 0 Å². The number of carbonyl (C=O) groups excluding carboxylic acids is 1. The molecular formula is C12H18N4O3. The van der Waals surface area contributed by atoms with Gasteiger partial charge in [-0.1, -0.05) is 6.08 Å². The molecule has 104 valence electrons. The summed E-state index contributed by atoms with van der Waals surface area (Å²) < 4.78 is 0. The summed E-state index contributed by atoms with van der Waals surface area (Å²) in [7, 11) is 0. The first-order valence-corrected chi connectivity index (χ1v) is 5.91. The van der Waals surface area contributed by atoms with Crippen molar-refractivity contribution in [3.8, 4) is 0 Å². The van der Waals surface area contributed by atoms with Gasteiger partial charge >= 0.3 is 12.0 Å². The molecule has 1 aromatic rings. The number of carboxylic acids is 1. The zero-order valence-electron chi connectivity index (χ0n) is 10.7. The van der Waals surface area contributed by atoms with Crippen LogP contribution in [0.5, 0.6) is 0 Å². The number of H-pyrrole nitrogens is 1. The highest BCUT2D eigenvalue weighted by molar-refractivity contribution is 5.82. The van der Waals surface area contributed by atoms with E-state index >= 15 is 0 Å². The van der Waals surface area contributed by atoms with Gasteiger partial charge in [-0.2, -0.15) is 0 Å². The van der Waals surface area contributed by atoms with Crippen LogP contribution in [0.4, 0.5) is 4.79 Å². The number of imidazole rings is 1. The van der Waals surface area contributed by atoms with Crippen molar-refractivity contribution in [2.45, 2.75) is 31.8 Å². The van der Waals surface area contributed by atoms with E-state index < -0.39 is 18.0 Å². The average molecular weight is 266 g/mol. The van der Waals surface area contributed by atoms with Gasteiger partial charge in [0.2, 0.25) is 0 Å². The molecule has 2 atom stereocenters. The predicted octanol–water partition coefficient (Wildman–Crippen LogP) is 0.669. The second-order valence-electron chi connectivity index (χ2n) is 4.22. The summed E-state index contributed by atoms with van der Waals surface area (Å²) in [5.74, 6) is -1.10. The summed E-state index contributed by atoms with van der Waals surface area (Å²) in [4.78, 5) is 29.3. The summed E-state index contributed by atoms with van der Waals surface area (Å²) in [5.41, 5.74) is 0.645. The molecule has 19 heavy (non-hydrogen) atoms. The minimum absolute atomic E-state index is 0.0981. The molecule has 0 radical (unpaired) electrons. The molecule has 0 aromatic carbocycles. The summed E-state index contributed by atoms with van der Waals surface area (Å²) in [6.07, 6.45) is 5.44. The van der Waals surface area contributed by atoms with Crippen LogP contribution in [0.2, 0.25) is 0 Å². The quantitative estimate of drug-likeness (QED) is 0.544. The Hall–Kier alpha value is -2.31. The lowest BCUT2D eigenvalue weighted by Crippen LogP contribution is -2.49. The normalized spacial score (nSPS) is 13.3. The number of aromatic amines is 1. The number of rotatable bonds is 7. The number of carboxylic acid groups (broad SMARTS) is 1. The van der Waals surface area contributed by atoms with Crippen LogP contribution >= 0.6 is 0 Å². The van der Waals surface area contributed by atoms with Crippen LogP contribution in [-0.2, 0) is 11.2 Å². The van der Waals surface area contributed by atoms with Crippen molar-refractivity contribution >= 4 is 12.0 Å². The molecule has 1 heterocycles. The van der Waals surface area contributed by atoms with Crippen LogP contribution in [0.25, 0.3) is 0 Å². The third kappa shape index (κ3) is 5.24. The second kappa shape index (κ2) is 7.20. The highest BCUT2D eigenvalue weighted by Gasteiger charge is 2.21. The molecule has 0 aliphatic heterocycles. The maximum absolute atomic E-state index is 11.6.